The van der Waals surface area contributed by atoms with Gasteiger partial charge in [0.2, 0.25) is 11.8 Å². The lowest BCUT2D eigenvalue weighted by Gasteiger charge is -2.18. The normalized spacial score (nSPS) is 15.7. The third-order valence-electron chi connectivity index (χ3n) is 5.42. The molecule has 0 unspecified atom stereocenters. The molecule has 1 atom stereocenters. The van der Waals surface area contributed by atoms with E-state index in [0.29, 0.717) is 23.9 Å². The number of rotatable bonds is 6. The molecule has 1 fully saturated rings. The van der Waals surface area contributed by atoms with Crippen molar-refractivity contribution in [1.29, 1.82) is 0 Å². The molecule has 0 aliphatic carbocycles. The highest BCUT2D eigenvalue weighted by Gasteiger charge is 2.35. The Hall–Kier alpha value is -3.31. The Balaban J connectivity index is 1.37. The molecule has 0 saturated carbocycles. The monoisotopic (exact) mass is 434 g/mol. The molecule has 1 aliphatic rings. The average molecular weight is 435 g/mol. The fraction of sp³-hybridized carbons (Fsp3) is 0.200. The maximum Gasteiger partial charge on any atom is 0.229 e. The number of carbonyl (C=O) groups excluding carboxylic acids is 2. The van der Waals surface area contributed by atoms with Crippen molar-refractivity contribution in [2.75, 3.05) is 16.8 Å². The Morgan fingerprint density at radius 2 is 1.81 bits per heavy atom. The number of hydrogen-bond acceptors (Lipinski definition) is 3. The molecule has 1 aliphatic heterocycles. The number of halogens is 1. The van der Waals surface area contributed by atoms with Gasteiger partial charge in [-0.2, -0.15) is 0 Å². The first-order chi connectivity index (χ1) is 15.0. The SMILES string of the molecule is Cc1c(Cl)cccc1NC(=O)[C@H]1CC(=O)N(c2ccc(OCc3ccccc3)cc2)C1. The van der Waals surface area contributed by atoms with Gasteiger partial charge in [-0.25, -0.2) is 0 Å². The highest BCUT2D eigenvalue weighted by Crippen LogP contribution is 2.29. The molecule has 2 amide bonds. The van der Waals surface area contributed by atoms with Gasteiger partial charge in [-0.15, -0.1) is 0 Å². The van der Waals surface area contributed by atoms with E-state index in [0.717, 1.165) is 22.6 Å². The van der Waals surface area contributed by atoms with E-state index < -0.39 is 5.92 Å². The summed E-state index contributed by atoms with van der Waals surface area (Å²) >= 11 is 6.13. The van der Waals surface area contributed by atoms with E-state index in [1.807, 2.05) is 67.6 Å². The molecule has 31 heavy (non-hydrogen) atoms. The van der Waals surface area contributed by atoms with E-state index in [2.05, 4.69) is 5.32 Å². The van der Waals surface area contributed by atoms with Crippen molar-refractivity contribution in [3.05, 3.63) is 88.9 Å². The minimum absolute atomic E-state index is 0.0686. The van der Waals surface area contributed by atoms with Gasteiger partial charge in [0, 0.05) is 29.4 Å². The molecule has 158 valence electrons. The van der Waals surface area contributed by atoms with Crippen LogP contribution in [0.1, 0.15) is 17.5 Å². The van der Waals surface area contributed by atoms with E-state index in [-0.39, 0.29) is 18.2 Å². The lowest BCUT2D eigenvalue weighted by molar-refractivity contribution is -0.122. The largest absolute Gasteiger partial charge is 0.489 e. The molecular weight excluding hydrogens is 412 g/mol. The zero-order valence-corrected chi connectivity index (χ0v) is 17.9. The summed E-state index contributed by atoms with van der Waals surface area (Å²) in [5, 5.41) is 3.50. The molecule has 1 N–H and O–H groups in total. The van der Waals surface area contributed by atoms with Crippen molar-refractivity contribution >= 4 is 34.8 Å². The van der Waals surface area contributed by atoms with E-state index in [4.69, 9.17) is 16.3 Å². The number of amides is 2. The lowest BCUT2D eigenvalue weighted by atomic mass is 10.1. The van der Waals surface area contributed by atoms with Crippen molar-refractivity contribution in [2.45, 2.75) is 20.0 Å². The van der Waals surface area contributed by atoms with Crippen LogP contribution in [0, 0.1) is 12.8 Å². The van der Waals surface area contributed by atoms with Crippen LogP contribution in [0.5, 0.6) is 5.75 Å². The van der Waals surface area contributed by atoms with Crippen LogP contribution in [0.3, 0.4) is 0 Å². The molecular formula is C25H23ClN2O3. The fourth-order valence-corrected chi connectivity index (χ4v) is 3.75. The van der Waals surface area contributed by atoms with Crippen molar-refractivity contribution in [1.82, 2.24) is 0 Å². The van der Waals surface area contributed by atoms with Crippen LogP contribution in [0.2, 0.25) is 5.02 Å². The van der Waals surface area contributed by atoms with Gasteiger partial charge >= 0.3 is 0 Å². The first kappa shape index (κ1) is 20.9. The highest BCUT2D eigenvalue weighted by molar-refractivity contribution is 6.31. The Labute approximate surface area is 186 Å². The van der Waals surface area contributed by atoms with E-state index >= 15 is 0 Å². The summed E-state index contributed by atoms with van der Waals surface area (Å²) in [7, 11) is 0. The van der Waals surface area contributed by atoms with Crippen LogP contribution < -0.4 is 15.0 Å². The number of ether oxygens (including phenoxy) is 1. The van der Waals surface area contributed by atoms with Crippen molar-refractivity contribution in [2.24, 2.45) is 5.92 Å². The molecule has 3 aromatic carbocycles. The van der Waals surface area contributed by atoms with Crippen molar-refractivity contribution in [3.63, 3.8) is 0 Å². The first-order valence-corrected chi connectivity index (χ1v) is 10.5. The first-order valence-electron chi connectivity index (χ1n) is 10.1. The standard InChI is InChI=1S/C25H23ClN2O3/c1-17-22(26)8-5-9-23(17)27-25(30)19-14-24(29)28(15-19)20-10-12-21(13-11-20)31-16-18-6-3-2-4-7-18/h2-13,19H,14-16H2,1H3,(H,27,30)/t19-/m0/s1. The second-order valence-corrected chi connectivity index (χ2v) is 7.98. The smallest absolute Gasteiger partial charge is 0.229 e. The molecule has 0 bridgehead atoms. The second-order valence-electron chi connectivity index (χ2n) is 7.58. The number of anilines is 2. The summed E-state index contributed by atoms with van der Waals surface area (Å²) in [6.07, 6.45) is 0.178. The number of benzene rings is 3. The van der Waals surface area contributed by atoms with E-state index in [9.17, 15) is 9.59 Å². The molecule has 1 saturated heterocycles. The van der Waals surface area contributed by atoms with Crippen LogP contribution in [-0.2, 0) is 16.2 Å². The zero-order chi connectivity index (χ0) is 21.8. The molecule has 1 heterocycles. The van der Waals surface area contributed by atoms with Crippen LogP contribution in [0.15, 0.2) is 72.8 Å². The maximum atomic E-state index is 12.7. The van der Waals surface area contributed by atoms with Crippen molar-refractivity contribution < 1.29 is 14.3 Å². The minimum Gasteiger partial charge on any atom is -0.489 e. The van der Waals surface area contributed by atoms with Gasteiger partial charge in [0.15, 0.2) is 0 Å². The van der Waals surface area contributed by atoms with E-state index in [1.165, 1.54) is 0 Å². The minimum atomic E-state index is -0.417. The maximum absolute atomic E-state index is 12.7. The third-order valence-corrected chi connectivity index (χ3v) is 5.83. The summed E-state index contributed by atoms with van der Waals surface area (Å²) in [4.78, 5) is 26.9. The molecule has 4 rings (SSSR count). The molecule has 5 nitrogen and oxygen atoms in total. The predicted octanol–water partition coefficient (Wildman–Crippen LogP) is 5.22. The van der Waals surface area contributed by atoms with E-state index in [1.54, 1.807) is 17.0 Å². The number of nitrogens with zero attached hydrogens (tertiary/aromatic N) is 1. The van der Waals surface area contributed by atoms with Gasteiger partial charge in [0.1, 0.15) is 12.4 Å². The summed E-state index contributed by atoms with van der Waals surface area (Å²) in [6, 6.07) is 22.7. The Kier molecular flexibility index (Phi) is 6.23. The Morgan fingerprint density at radius 1 is 1.06 bits per heavy atom. The molecule has 6 heteroatoms. The average Bonchev–Trinajstić information content (AvgIpc) is 3.18. The molecule has 0 aromatic heterocycles. The van der Waals surface area contributed by atoms with Gasteiger partial charge in [0.25, 0.3) is 0 Å². The van der Waals surface area contributed by atoms with Crippen molar-refractivity contribution in [3.8, 4) is 5.75 Å². The lowest BCUT2D eigenvalue weighted by Crippen LogP contribution is -2.28. The van der Waals surface area contributed by atoms with Gasteiger partial charge in [-0.05, 0) is 54.4 Å². The summed E-state index contributed by atoms with van der Waals surface area (Å²) < 4.78 is 5.80. The molecule has 3 aromatic rings. The van der Waals surface area contributed by atoms with Crippen LogP contribution in [0.25, 0.3) is 0 Å². The van der Waals surface area contributed by atoms with Crippen LogP contribution >= 0.6 is 11.6 Å². The van der Waals surface area contributed by atoms with Crippen LogP contribution in [-0.4, -0.2) is 18.4 Å². The zero-order valence-electron chi connectivity index (χ0n) is 17.2. The second kappa shape index (κ2) is 9.23. The molecule has 0 spiro atoms. The van der Waals surface area contributed by atoms with Crippen LogP contribution in [0.4, 0.5) is 11.4 Å². The quantitative estimate of drug-likeness (QED) is 0.578. The fourth-order valence-electron chi connectivity index (χ4n) is 3.57. The summed E-state index contributed by atoms with van der Waals surface area (Å²) in [6.45, 7) is 2.67. The molecule has 0 radical (unpaired) electrons. The number of hydrogen-bond donors (Lipinski definition) is 1. The Bertz CT molecular complexity index is 1080. The number of carbonyl (C=O) groups is 2. The number of nitrogens with one attached hydrogen (secondary N) is 1. The van der Waals surface area contributed by atoms with Gasteiger partial charge in [-0.3, -0.25) is 9.59 Å². The summed E-state index contributed by atoms with van der Waals surface area (Å²) in [5.74, 6) is 0.0646. The topological polar surface area (TPSA) is 58.6 Å². The predicted molar refractivity (Wildman–Crippen MR) is 122 cm³/mol. The third kappa shape index (κ3) is 4.89. The summed E-state index contributed by atoms with van der Waals surface area (Å²) in [5.41, 5.74) is 3.32. The highest BCUT2D eigenvalue weighted by atomic mass is 35.5. The van der Waals surface area contributed by atoms with Gasteiger partial charge in [0.05, 0.1) is 5.92 Å². The van der Waals surface area contributed by atoms with Gasteiger partial charge in [-0.1, -0.05) is 48.0 Å². The van der Waals surface area contributed by atoms with Gasteiger partial charge < -0.3 is 15.0 Å². The Morgan fingerprint density at radius 3 is 2.55 bits per heavy atom.